The average molecular weight is 872 g/mol. The van der Waals surface area contributed by atoms with Crippen LogP contribution in [0.1, 0.15) is 68.6 Å². The van der Waals surface area contributed by atoms with Crippen LogP contribution in [0.5, 0.6) is 11.8 Å². The summed E-state index contributed by atoms with van der Waals surface area (Å²) in [5.74, 6) is -2.94. The van der Waals surface area contributed by atoms with Crippen LogP contribution in [-0.4, -0.2) is 108 Å². The Morgan fingerprint density at radius 2 is 1.69 bits per heavy atom. The molecule has 0 unspecified atom stereocenters. The Bertz CT molecular complexity index is 2250. The van der Waals surface area contributed by atoms with Crippen molar-refractivity contribution < 1.29 is 60.2 Å². The summed E-state index contributed by atoms with van der Waals surface area (Å²) in [6.07, 6.45) is 2.32. The minimum atomic E-state index is -3.66. The van der Waals surface area contributed by atoms with Crippen LogP contribution in [0.4, 0.5) is 9.18 Å². The van der Waals surface area contributed by atoms with Gasteiger partial charge in [-0.15, -0.1) is 9.78 Å². The maximum absolute atomic E-state index is 16.5. The minimum Gasteiger partial charge on any atom is -0.487 e. The first-order valence-electron chi connectivity index (χ1n) is 18.5. The van der Waals surface area contributed by atoms with E-state index in [0.717, 1.165) is 0 Å². The number of alkyl carbamates (subject to hydrolysis) is 1. The molecular weight excluding hydrogens is 822 g/mol. The maximum atomic E-state index is 16.5. The summed E-state index contributed by atoms with van der Waals surface area (Å²) in [4.78, 5) is 49.2. The fourth-order valence-electron chi connectivity index (χ4n) is 5.08. The van der Waals surface area contributed by atoms with Gasteiger partial charge in [-0.2, -0.15) is 13.4 Å². The minimum absolute atomic E-state index is 0.0125. The average Bonchev–Trinajstić information content (AvgIpc) is 3.63. The number of amides is 1. The third-order valence-electron chi connectivity index (χ3n) is 8.04. The quantitative estimate of drug-likeness (QED) is 0.0166. The number of nitrogens with one attached hydrogen (secondary N) is 2. The number of aromatic nitrogens is 5. The van der Waals surface area contributed by atoms with Gasteiger partial charge in [-0.25, -0.2) is 19.2 Å². The number of amidine groups is 1. The summed E-state index contributed by atoms with van der Waals surface area (Å²) in [6.45, 7) is 12.5. The van der Waals surface area contributed by atoms with E-state index >= 15 is 4.39 Å². The molecule has 0 saturated heterocycles. The number of hydrogen-bond acceptors (Lipinski definition) is 16. The Morgan fingerprint density at radius 3 is 2.28 bits per heavy atom. The second-order valence-electron chi connectivity index (χ2n) is 13.9. The zero-order chi connectivity index (χ0) is 45.3. The van der Waals surface area contributed by atoms with E-state index in [9.17, 15) is 22.8 Å². The normalized spacial score (nSPS) is 11.6. The fourth-order valence-corrected chi connectivity index (χ4v) is 5.08. The third-order valence-corrected chi connectivity index (χ3v) is 8.77. The van der Waals surface area contributed by atoms with E-state index in [-0.39, 0.29) is 73.5 Å². The number of carbonyl (C=O) groups is 3. The smallest absolute Gasteiger partial charge is 0.413 e. The standard InChI is InChI=1S/C38H44FN7O9.C2H6O3S/c1-23(2)20-53-37(49)43-32(40)27-11-9-26(10-12-27)19-29(28-17-24(3)18-30(31(28)39)52-16-15-51-25(4)47)33-44-36(46(45-33)35-41-13-8-14-42-35)55-22-54-34(48)38(5,6)21-50-7;1-2-6(3,4)5/h8-14,17-18,29H,1,15-16,19-22H2,2-7H3,(H2,40,43,49);2H2,1H3,(H,3,4,5)/t29-;/m1./s1. The Hall–Kier alpha value is -6.32. The van der Waals surface area contributed by atoms with Gasteiger partial charge in [-0.1, -0.05) is 36.9 Å². The number of aryl methyl sites for hydroxylation is 1. The number of methoxy groups -OCH3 is 1. The first kappa shape index (κ1) is 49.0. The van der Waals surface area contributed by atoms with Crippen molar-refractivity contribution in [1.82, 2.24) is 30.0 Å². The molecule has 19 nitrogen and oxygen atoms in total. The summed E-state index contributed by atoms with van der Waals surface area (Å²) in [5.41, 5.74) is 1.60. The summed E-state index contributed by atoms with van der Waals surface area (Å²) < 4.78 is 76.6. The SMILES string of the molecule is C=C(C)COC(=O)NC(=N)c1ccc(C[C@@H](c2nc(OCOC(=O)C(C)(C)COC)n(-c3ncccn3)n2)c2cc(C)cc(OCCOC(C)=O)c2F)cc1.CCS(=O)(=O)O. The van der Waals surface area contributed by atoms with Crippen LogP contribution in [0.2, 0.25) is 0 Å². The molecule has 0 aliphatic heterocycles. The lowest BCUT2D eigenvalue weighted by Gasteiger charge is -2.21. The van der Waals surface area contributed by atoms with Crippen molar-refractivity contribution in [3.63, 3.8) is 0 Å². The van der Waals surface area contributed by atoms with E-state index in [0.29, 0.717) is 22.3 Å². The van der Waals surface area contributed by atoms with Crippen molar-refractivity contribution in [2.75, 3.05) is 46.1 Å². The largest absolute Gasteiger partial charge is 0.487 e. The van der Waals surface area contributed by atoms with Gasteiger partial charge in [0.25, 0.3) is 16.1 Å². The highest BCUT2D eigenvalue weighted by atomic mass is 32.2. The number of esters is 2. The number of carbonyl (C=O) groups excluding carboxylic acids is 3. The fraction of sp³-hybridized carbons (Fsp3) is 0.400. The lowest BCUT2D eigenvalue weighted by atomic mass is 9.89. The van der Waals surface area contributed by atoms with E-state index in [1.807, 2.05) is 0 Å². The second-order valence-corrected chi connectivity index (χ2v) is 15.7. The van der Waals surface area contributed by atoms with Crippen LogP contribution in [0.25, 0.3) is 5.95 Å². The predicted molar refractivity (Wildman–Crippen MR) is 218 cm³/mol. The summed E-state index contributed by atoms with van der Waals surface area (Å²) in [7, 11) is -2.19. The Labute approximate surface area is 352 Å². The van der Waals surface area contributed by atoms with Gasteiger partial charge in [0.1, 0.15) is 25.7 Å². The molecule has 0 fully saturated rings. The molecule has 3 N–H and O–H groups in total. The molecule has 330 valence electrons. The summed E-state index contributed by atoms with van der Waals surface area (Å²) in [6, 6.07) is 11.3. The van der Waals surface area contributed by atoms with Gasteiger partial charge in [0.2, 0.25) is 6.79 Å². The lowest BCUT2D eigenvalue weighted by Crippen LogP contribution is -2.32. The van der Waals surface area contributed by atoms with Gasteiger partial charge in [-0.3, -0.25) is 24.9 Å². The number of nitrogens with zero attached hydrogens (tertiary/aromatic N) is 5. The molecule has 0 bridgehead atoms. The second kappa shape index (κ2) is 22.9. The number of rotatable bonds is 19. The lowest BCUT2D eigenvalue weighted by molar-refractivity contribution is -0.163. The molecule has 0 saturated carbocycles. The van der Waals surface area contributed by atoms with Gasteiger partial charge in [-0.05, 0) is 69.9 Å². The van der Waals surface area contributed by atoms with Crippen molar-refractivity contribution in [3.05, 3.63) is 101 Å². The van der Waals surface area contributed by atoms with Gasteiger partial charge in [0, 0.05) is 37.6 Å². The van der Waals surface area contributed by atoms with E-state index in [2.05, 4.69) is 31.9 Å². The van der Waals surface area contributed by atoms with Crippen LogP contribution in [0, 0.1) is 23.6 Å². The van der Waals surface area contributed by atoms with Crippen molar-refractivity contribution in [2.24, 2.45) is 5.41 Å². The van der Waals surface area contributed by atoms with Crippen LogP contribution < -0.4 is 14.8 Å². The molecule has 1 amide bonds. The van der Waals surface area contributed by atoms with E-state index < -0.39 is 52.1 Å². The van der Waals surface area contributed by atoms with Gasteiger partial charge < -0.3 is 28.4 Å². The van der Waals surface area contributed by atoms with Crippen LogP contribution in [0.3, 0.4) is 0 Å². The Kier molecular flexibility index (Phi) is 18.4. The molecule has 4 aromatic rings. The van der Waals surface area contributed by atoms with Gasteiger partial charge >= 0.3 is 24.0 Å². The van der Waals surface area contributed by atoms with E-state index in [1.165, 1.54) is 44.1 Å². The van der Waals surface area contributed by atoms with Crippen molar-refractivity contribution in [1.29, 1.82) is 5.41 Å². The molecule has 4 rings (SSSR count). The van der Waals surface area contributed by atoms with Crippen LogP contribution in [0.15, 0.2) is 67.0 Å². The predicted octanol–water partition coefficient (Wildman–Crippen LogP) is 4.90. The van der Waals surface area contributed by atoms with E-state index in [4.69, 9.17) is 38.4 Å². The molecule has 1 atom stereocenters. The number of halogens is 1. The molecule has 61 heavy (non-hydrogen) atoms. The highest BCUT2D eigenvalue weighted by Crippen LogP contribution is 2.35. The molecular formula is C40H50FN7O12S. The van der Waals surface area contributed by atoms with E-state index in [1.54, 1.807) is 64.1 Å². The van der Waals surface area contributed by atoms with Crippen LogP contribution in [-0.2, 0) is 45.1 Å². The van der Waals surface area contributed by atoms with Gasteiger partial charge in [0.05, 0.1) is 23.7 Å². The molecule has 0 spiro atoms. The molecule has 0 aliphatic rings. The number of benzene rings is 2. The topological polar surface area (TPSA) is 253 Å². The molecule has 0 radical (unpaired) electrons. The van der Waals surface area contributed by atoms with Crippen molar-refractivity contribution in [2.45, 2.75) is 53.9 Å². The highest BCUT2D eigenvalue weighted by molar-refractivity contribution is 7.85. The Morgan fingerprint density at radius 1 is 1.03 bits per heavy atom. The maximum Gasteiger partial charge on any atom is 0.413 e. The Balaban J connectivity index is 0.00000154. The van der Waals surface area contributed by atoms with Crippen LogP contribution >= 0.6 is 0 Å². The monoisotopic (exact) mass is 871 g/mol. The molecule has 2 aromatic carbocycles. The van der Waals surface area contributed by atoms with Crippen molar-refractivity contribution in [3.8, 4) is 17.7 Å². The summed E-state index contributed by atoms with van der Waals surface area (Å²) in [5, 5.41) is 15.4. The number of ether oxygens (including phenoxy) is 6. The number of hydrogen-bond donors (Lipinski definition) is 3. The zero-order valence-electron chi connectivity index (χ0n) is 34.9. The highest BCUT2D eigenvalue weighted by Gasteiger charge is 2.31. The van der Waals surface area contributed by atoms with Gasteiger partial charge in [0.15, 0.2) is 17.4 Å². The molecule has 2 heterocycles. The zero-order valence-corrected chi connectivity index (χ0v) is 35.7. The molecule has 0 aliphatic carbocycles. The first-order chi connectivity index (χ1) is 28.7. The van der Waals surface area contributed by atoms with Crippen molar-refractivity contribution >= 4 is 34.0 Å². The summed E-state index contributed by atoms with van der Waals surface area (Å²) >= 11 is 0. The first-order valence-corrected chi connectivity index (χ1v) is 20.2. The third kappa shape index (κ3) is 16.0. The molecule has 21 heteroatoms. The molecule has 2 aromatic heterocycles.